The number of carbonyl (C=O) groups excluding carboxylic acids is 2. The number of anilines is 1. The number of rotatable bonds is 3. The van der Waals surface area contributed by atoms with Crippen LogP contribution < -0.4 is 10.6 Å². The molecule has 0 aromatic carbocycles. The summed E-state index contributed by atoms with van der Waals surface area (Å²) in [7, 11) is 0. The predicted molar refractivity (Wildman–Crippen MR) is 71.7 cm³/mol. The van der Waals surface area contributed by atoms with Crippen LogP contribution in [-0.2, 0) is 4.79 Å². The molecule has 0 unspecified atom stereocenters. The van der Waals surface area contributed by atoms with E-state index in [2.05, 4.69) is 15.6 Å². The first-order valence-corrected chi connectivity index (χ1v) is 6.44. The fourth-order valence-corrected chi connectivity index (χ4v) is 2.06. The van der Waals surface area contributed by atoms with Gasteiger partial charge in [0.05, 0.1) is 0 Å². The van der Waals surface area contributed by atoms with Crippen molar-refractivity contribution in [2.75, 3.05) is 18.4 Å². The van der Waals surface area contributed by atoms with Gasteiger partial charge in [0.2, 0.25) is 5.91 Å². The highest BCUT2D eigenvalue weighted by Gasteiger charge is 2.24. The minimum Gasteiger partial charge on any atom is -0.341 e. The second-order valence-corrected chi connectivity index (χ2v) is 4.57. The van der Waals surface area contributed by atoms with Gasteiger partial charge in [0.15, 0.2) is 0 Å². The number of carbonyl (C=O) groups is 2. The summed E-state index contributed by atoms with van der Waals surface area (Å²) in [6, 6.07) is 4.29. The molecule has 102 valence electrons. The molecule has 0 aliphatic carbocycles. The lowest BCUT2D eigenvalue weighted by Crippen LogP contribution is -2.47. The Hall–Kier alpha value is -2.11. The van der Waals surface area contributed by atoms with Crippen LogP contribution in [0.1, 0.15) is 19.8 Å². The van der Waals surface area contributed by atoms with E-state index in [1.807, 2.05) is 0 Å². The van der Waals surface area contributed by atoms with E-state index in [0.29, 0.717) is 5.82 Å². The standard InChI is InChI=1S/C13H18N4O2/c1-10(12(18)17-8-4-5-9-17)15-13(19)16-11-6-2-3-7-14-11/h2-3,6-7,10H,4-5,8-9H2,1H3,(H2,14,15,16,19)/t10-/m1/s1. The number of pyridine rings is 1. The molecule has 0 saturated carbocycles. The second kappa shape index (κ2) is 6.17. The number of amides is 3. The first kappa shape index (κ1) is 13.3. The molecule has 1 aliphatic rings. The van der Waals surface area contributed by atoms with Crippen molar-refractivity contribution < 1.29 is 9.59 Å². The molecule has 19 heavy (non-hydrogen) atoms. The Morgan fingerprint density at radius 1 is 1.32 bits per heavy atom. The van der Waals surface area contributed by atoms with Gasteiger partial charge >= 0.3 is 6.03 Å². The van der Waals surface area contributed by atoms with Crippen LogP contribution in [0.15, 0.2) is 24.4 Å². The van der Waals surface area contributed by atoms with Crippen LogP contribution in [0, 0.1) is 0 Å². The van der Waals surface area contributed by atoms with Crippen molar-refractivity contribution in [1.82, 2.24) is 15.2 Å². The Morgan fingerprint density at radius 3 is 2.68 bits per heavy atom. The van der Waals surface area contributed by atoms with E-state index < -0.39 is 12.1 Å². The van der Waals surface area contributed by atoms with Crippen molar-refractivity contribution in [3.05, 3.63) is 24.4 Å². The smallest absolute Gasteiger partial charge is 0.321 e. The van der Waals surface area contributed by atoms with Gasteiger partial charge in [-0.1, -0.05) is 6.07 Å². The molecule has 0 spiro atoms. The molecule has 1 fully saturated rings. The molecule has 3 amide bonds. The lowest BCUT2D eigenvalue weighted by atomic mass is 10.3. The third-order valence-corrected chi connectivity index (χ3v) is 3.04. The molecule has 2 heterocycles. The van der Waals surface area contributed by atoms with Crippen LogP contribution in [0.4, 0.5) is 10.6 Å². The van der Waals surface area contributed by atoms with Crippen molar-refractivity contribution in [2.24, 2.45) is 0 Å². The maximum Gasteiger partial charge on any atom is 0.321 e. The fourth-order valence-electron chi connectivity index (χ4n) is 2.06. The highest BCUT2D eigenvalue weighted by Crippen LogP contribution is 2.09. The second-order valence-electron chi connectivity index (χ2n) is 4.57. The zero-order chi connectivity index (χ0) is 13.7. The van der Waals surface area contributed by atoms with Gasteiger partial charge in [0, 0.05) is 19.3 Å². The van der Waals surface area contributed by atoms with Crippen molar-refractivity contribution >= 4 is 17.8 Å². The van der Waals surface area contributed by atoms with Gasteiger partial charge < -0.3 is 10.2 Å². The van der Waals surface area contributed by atoms with Gasteiger partial charge in [-0.25, -0.2) is 9.78 Å². The maximum absolute atomic E-state index is 12.0. The van der Waals surface area contributed by atoms with E-state index >= 15 is 0 Å². The van der Waals surface area contributed by atoms with Gasteiger partial charge in [-0.2, -0.15) is 0 Å². The first-order chi connectivity index (χ1) is 9.16. The molecule has 6 nitrogen and oxygen atoms in total. The number of hydrogen-bond acceptors (Lipinski definition) is 3. The number of nitrogens with one attached hydrogen (secondary N) is 2. The SMILES string of the molecule is C[C@@H](NC(=O)Nc1ccccn1)C(=O)N1CCCC1. The van der Waals surface area contributed by atoms with Crippen LogP contribution in [-0.4, -0.2) is 41.0 Å². The average molecular weight is 262 g/mol. The molecule has 1 saturated heterocycles. The normalized spacial score (nSPS) is 15.9. The van der Waals surface area contributed by atoms with Crippen LogP contribution in [0.5, 0.6) is 0 Å². The molecule has 2 N–H and O–H groups in total. The van der Waals surface area contributed by atoms with E-state index in [4.69, 9.17) is 0 Å². The van der Waals surface area contributed by atoms with Gasteiger partial charge in [-0.05, 0) is 31.9 Å². The minimum absolute atomic E-state index is 0.0336. The lowest BCUT2D eigenvalue weighted by Gasteiger charge is -2.21. The maximum atomic E-state index is 12.0. The number of urea groups is 1. The van der Waals surface area contributed by atoms with Gasteiger partial charge in [-0.15, -0.1) is 0 Å². The molecule has 6 heteroatoms. The number of nitrogens with zero attached hydrogens (tertiary/aromatic N) is 2. The summed E-state index contributed by atoms with van der Waals surface area (Å²) in [6.45, 7) is 3.26. The van der Waals surface area contributed by atoms with Crippen molar-refractivity contribution in [3.8, 4) is 0 Å². The Labute approximate surface area is 112 Å². The number of hydrogen-bond donors (Lipinski definition) is 2. The summed E-state index contributed by atoms with van der Waals surface area (Å²) in [5, 5.41) is 5.21. The van der Waals surface area contributed by atoms with Crippen LogP contribution in [0.3, 0.4) is 0 Å². The molecule has 1 aromatic rings. The molecule has 1 aliphatic heterocycles. The predicted octanol–water partition coefficient (Wildman–Crippen LogP) is 1.21. The molecule has 2 rings (SSSR count). The Balaban J connectivity index is 1.83. The Bertz CT molecular complexity index is 443. The zero-order valence-corrected chi connectivity index (χ0v) is 10.9. The number of aromatic nitrogens is 1. The summed E-state index contributed by atoms with van der Waals surface area (Å²) in [6.07, 6.45) is 3.67. The summed E-state index contributed by atoms with van der Waals surface area (Å²) < 4.78 is 0. The monoisotopic (exact) mass is 262 g/mol. The van der Waals surface area contributed by atoms with Gasteiger partial charge in [-0.3, -0.25) is 10.1 Å². The quantitative estimate of drug-likeness (QED) is 0.860. The molecule has 1 aromatic heterocycles. The van der Waals surface area contributed by atoms with E-state index in [0.717, 1.165) is 25.9 Å². The Morgan fingerprint density at radius 2 is 2.05 bits per heavy atom. The van der Waals surface area contributed by atoms with Crippen molar-refractivity contribution in [2.45, 2.75) is 25.8 Å². The molecular weight excluding hydrogens is 244 g/mol. The molecule has 0 radical (unpaired) electrons. The fraction of sp³-hybridized carbons (Fsp3) is 0.462. The van der Waals surface area contributed by atoms with Crippen LogP contribution >= 0.6 is 0 Å². The zero-order valence-electron chi connectivity index (χ0n) is 10.9. The first-order valence-electron chi connectivity index (χ1n) is 6.44. The van der Waals surface area contributed by atoms with Gasteiger partial charge in [0.1, 0.15) is 11.9 Å². The van der Waals surface area contributed by atoms with Crippen LogP contribution in [0.2, 0.25) is 0 Å². The minimum atomic E-state index is -0.526. The lowest BCUT2D eigenvalue weighted by molar-refractivity contribution is -0.131. The summed E-state index contributed by atoms with van der Waals surface area (Å²) in [5.74, 6) is 0.425. The molecule has 0 bridgehead atoms. The number of likely N-dealkylation sites (tertiary alicyclic amines) is 1. The highest BCUT2D eigenvalue weighted by atomic mass is 16.2. The van der Waals surface area contributed by atoms with Crippen LogP contribution in [0.25, 0.3) is 0 Å². The van der Waals surface area contributed by atoms with E-state index in [-0.39, 0.29) is 5.91 Å². The highest BCUT2D eigenvalue weighted by molar-refractivity contribution is 5.92. The van der Waals surface area contributed by atoms with Crippen molar-refractivity contribution in [3.63, 3.8) is 0 Å². The van der Waals surface area contributed by atoms with E-state index in [9.17, 15) is 9.59 Å². The summed E-state index contributed by atoms with van der Waals surface area (Å²) in [5.41, 5.74) is 0. The van der Waals surface area contributed by atoms with Crippen molar-refractivity contribution in [1.29, 1.82) is 0 Å². The average Bonchev–Trinajstić information content (AvgIpc) is 2.92. The largest absolute Gasteiger partial charge is 0.341 e. The third-order valence-electron chi connectivity index (χ3n) is 3.04. The van der Waals surface area contributed by atoms with E-state index in [1.165, 1.54) is 0 Å². The third kappa shape index (κ3) is 3.67. The van der Waals surface area contributed by atoms with Gasteiger partial charge in [0.25, 0.3) is 0 Å². The van der Waals surface area contributed by atoms with E-state index in [1.54, 1.807) is 36.2 Å². The molecular formula is C13H18N4O2. The summed E-state index contributed by atoms with van der Waals surface area (Å²) >= 11 is 0. The topological polar surface area (TPSA) is 74.3 Å². The molecule has 1 atom stereocenters. The summed E-state index contributed by atoms with van der Waals surface area (Å²) in [4.78, 5) is 29.5. The Kier molecular flexibility index (Phi) is 4.33.